The van der Waals surface area contributed by atoms with Crippen molar-refractivity contribution >= 4 is 17.2 Å². The molecule has 1 fully saturated rings. The van der Waals surface area contributed by atoms with Gasteiger partial charge in [0, 0.05) is 12.0 Å². The first kappa shape index (κ1) is 16.5. The fraction of sp³-hybridized carbons (Fsp3) is 0.688. The molecule has 0 spiro atoms. The predicted octanol–water partition coefficient (Wildman–Crippen LogP) is 2.72. The minimum atomic E-state index is -0.372. The number of ether oxygens (including phenoxy) is 1. The third-order valence-electron chi connectivity index (χ3n) is 4.23. The summed E-state index contributed by atoms with van der Waals surface area (Å²) in [6.45, 7) is 4.43. The molecule has 1 aromatic heterocycles. The van der Waals surface area contributed by atoms with E-state index in [-0.39, 0.29) is 17.4 Å². The van der Waals surface area contributed by atoms with Gasteiger partial charge in [-0.25, -0.2) is 0 Å². The van der Waals surface area contributed by atoms with E-state index in [9.17, 15) is 4.79 Å². The first-order valence-electron chi connectivity index (χ1n) is 7.76. The molecule has 1 aromatic rings. The smallest absolute Gasteiger partial charge is 0.229 e. The summed E-state index contributed by atoms with van der Waals surface area (Å²) in [5.74, 6) is 0.151. The van der Waals surface area contributed by atoms with E-state index >= 15 is 0 Å². The average Bonchev–Trinajstić information content (AvgIpc) is 3.02. The Morgan fingerprint density at radius 3 is 2.86 bits per heavy atom. The van der Waals surface area contributed by atoms with Crippen molar-refractivity contribution in [3.63, 3.8) is 0 Å². The molecule has 2 N–H and O–H groups in total. The molecule has 4 nitrogen and oxygen atoms in total. The van der Waals surface area contributed by atoms with Crippen LogP contribution in [0.1, 0.15) is 43.5 Å². The van der Waals surface area contributed by atoms with Crippen molar-refractivity contribution in [3.8, 4) is 0 Å². The van der Waals surface area contributed by atoms with Gasteiger partial charge in [0.2, 0.25) is 5.91 Å². The second-order valence-corrected chi connectivity index (χ2v) is 6.77. The van der Waals surface area contributed by atoms with E-state index in [2.05, 4.69) is 29.0 Å². The number of hydrogen-bond acceptors (Lipinski definition) is 4. The van der Waals surface area contributed by atoms with Crippen LogP contribution >= 0.6 is 11.3 Å². The third-order valence-corrected chi connectivity index (χ3v) is 5.22. The van der Waals surface area contributed by atoms with Crippen molar-refractivity contribution in [1.82, 2.24) is 10.6 Å². The van der Waals surface area contributed by atoms with Crippen LogP contribution in [0.15, 0.2) is 17.5 Å². The molecule has 0 aromatic carbocycles. The summed E-state index contributed by atoms with van der Waals surface area (Å²) in [5, 5.41) is 8.67. The molecule has 118 valence electrons. The molecular formula is C16H26N2O2S. The number of carbonyl (C=O) groups is 1. The maximum Gasteiger partial charge on any atom is 0.229 e. The lowest BCUT2D eigenvalue weighted by Gasteiger charge is -2.36. The van der Waals surface area contributed by atoms with E-state index in [1.807, 2.05) is 6.07 Å². The molecule has 0 aliphatic carbocycles. The van der Waals surface area contributed by atoms with Crippen LogP contribution in [0, 0.1) is 5.41 Å². The zero-order valence-corrected chi connectivity index (χ0v) is 13.8. The SMILES string of the molecule is CCCC(NC(=O)C1(COC)CCNCC1)c1cccs1. The van der Waals surface area contributed by atoms with Crippen molar-refractivity contribution in [2.75, 3.05) is 26.8 Å². The zero-order chi connectivity index (χ0) is 15.1. The number of piperidine rings is 1. The van der Waals surface area contributed by atoms with Crippen molar-refractivity contribution in [2.24, 2.45) is 5.41 Å². The van der Waals surface area contributed by atoms with Crippen LogP contribution in [-0.4, -0.2) is 32.7 Å². The summed E-state index contributed by atoms with van der Waals surface area (Å²) < 4.78 is 5.35. The van der Waals surface area contributed by atoms with Gasteiger partial charge in [-0.2, -0.15) is 0 Å². The van der Waals surface area contributed by atoms with Gasteiger partial charge in [-0.1, -0.05) is 19.4 Å². The molecule has 0 saturated carbocycles. The Hall–Kier alpha value is -0.910. The Kier molecular flexibility index (Phi) is 6.21. The van der Waals surface area contributed by atoms with Gasteiger partial charge >= 0.3 is 0 Å². The standard InChI is InChI=1S/C16H26N2O2S/c1-3-5-13(14-6-4-11-21-14)18-15(19)16(12-20-2)7-9-17-10-8-16/h4,6,11,13,17H,3,5,7-10,12H2,1-2H3,(H,18,19). The molecule has 5 heteroatoms. The topological polar surface area (TPSA) is 50.4 Å². The fourth-order valence-electron chi connectivity index (χ4n) is 2.99. The van der Waals surface area contributed by atoms with Crippen LogP contribution in [0.25, 0.3) is 0 Å². The zero-order valence-electron chi connectivity index (χ0n) is 13.0. The molecule has 1 aliphatic rings. The predicted molar refractivity (Wildman–Crippen MR) is 86.5 cm³/mol. The highest BCUT2D eigenvalue weighted by molar-refractivity contribution is 7.10. The summed E-state index contributed by atoms with van der Waals surface area (Å²) >= 11 is 1.71. The Labute approximate surface area is 131 Å². The number of carbonyl (C=O) groups excluding carboxylic acids is 1. The quantitative estimate of drug-likeness (QED) is 0.814. The highest BCUT2D eigenvalue weighted by Crippen LogP contribution is 2.32. The monoisotopic (exact) mass is 310 g/mol. The maximum atomic E-state index is 12.9. The summed E-state index contributed by atoms with van der Waals surface area (Å²) in [7, 11) is 1.68. The molecule has 1 aliphatic heterocycles. The van der Waals surface area contributed by atoms with Crippen molar-refractivity contribution in [3.05, 3.63) is 22.4 Å². The minimum absolute atomic E-state index is 0.131. The van der Waals surface area contributed by atoms with E-state index < -0.39 is 0 Å². The van der Waals surface area contributed by atoms with Crippen molar-refractivity contribution in [2.45, 2.75) is 38.6 Å². The third kappa shape index (κ3) is 4.05. The lowest BCUT2D eigenvalue weighted by atomic mass is 9.78. The number of nitrogens with one attached hydrogen (secondary N) is 2. The molecule has 1 saturated heterocycles. The highest BCUT2D eigenvalue weighted by Gasteiger charge is 2.40. The molecule has 1 unspecified atom stereocenters. The molecule has 2 heterocycles. The average molecular weight is 310 g/mol. The Balaban J connectivity index is 2.08. The first-order chi connectivity index (χ1) is 10.2. The van der Waals surface area contributed by atoms with Gasteiger partial charge in [0.25, 0.3) is 0 Å². The lowest BCUT2D eigenvalue weighted by Crippen LogP contribution is -2.50. The van der Waals surface area contributed by atoms with E-state index in [4.69, 9.17) is 4.74 Å². The van der Waals surface area contributed by atoms with Gasteiger partial charge in [-0.3, -0.25) is 4.79 Å². The van der Waals surface area contributed by atoms with Crippen LogP contribution in [0.2, 0.25) is 0 Å². The fourth-order valence-corrected chi connectivity index (χ4v) is 3.81. The van der Waals surface area contributed by atoms with E-state index in [0.29, 0.717) is 6.61 Å². The van der Waals surface area contributed by atoms with Gasteiger partial charge in [-0.15, -0.1) is 11.3 Å². The number of amides is 1. The number of rotatable bonds is 7. The van der Waals surface area contributed by atoms with Gasteiger partial charge in [0.05, 0.1) is 18.1 Å². The Bertz CT molecular complexity index is 422. The van der Waals surface area contributed by atoms with Crippen LogP contribution < -0.4 is 10.6 Å². The van der Waals surface area contributed by atoms with Crippen LogP contribution in [0.5, 0.6) is 0 Å². The highest BCUT2D eigenvalue weighted by atomic mass is 32.1. The summed E-state index contributed by atoms with van der Waals surface area (Å²) in [5.41, 5.74) is -0.372. The number of thiophene rings is 1. The molecule has 1 amide bonds. The molecule has 2 rings (SSSR count). The Morgan fingerprint density at radius 2 is 2.29 bits per heavy atom. The Morgan fingerprint density at radius 1 is 1.52 bits per heavy atom. The van der Waals surface area contributed by atoms with E-state index in [1.165, 1.54) is 4.88 Å². The lowest BCUT2D eigenvalue weighted by molar-refractivity contribution is -0.137. The summed E-state index contributed by atoms with van der Waals surface area (Å²) in [6, 6.07) is 4.28. The van der Waals surface area contributed by atoms with E-state index in [1.54, 1.807) is 18.4 Å². The number of methoxy groups -OCH3 is 1. The van der Waals surface area contributed by atoms with Crippen LogP contribution in [0.3, 0.4) is 0 Å². The van der Waals surface area contributed by atoms with E-state index in [0.717, 1.165) is 38.8 Å². The van der Waals surface area contributed by atoms with Crippen molar-refractivity contribution in [1.29, 1.82) is 0 Å². The van der Waals surface area contributed by atoms with Crippen LogP contribution in [0.4, 0.5) is 0 Å². The van der Waals surface area contributed by atoms with Gasteiger partial charge in [-0.05, 0) is 43.8 Å². The molecular weight excluding hydrogens is 284 g/mol. The first-order valence-corrected chi connectivity index (χ1v) is 8.64. The molecule has 21 heavy (non-hydrogen) atoms. The largest absolute Gasteiger partial charge is 0.384 e. The normalized spacial score (nSPS) is 19.1. The minimum Gasteiger partial charge on any atom is -0.384 e. The van der Waals surface area contributed by atoms with Crippen molar-refractivity contribution < 1.29 is 9.53 Å². The second-order valence-electron chi connectivity index (χ2n) is 5.79. The molecule has 1 atom stereocenters. The van der Waals surface area contributed by atoms with Gasteiger partial charge < -0.3 is 15.4 Å². The molecule has 0 radical (unpaired) electrons. The second kappa shape index (κ2) is 7.92. The maximum absolute atomic E-state index is 12.9. The summed E-state index contributed by atoms with van der Waals surface area (Å²) in [4.78, 5) is 14.1. The van der Waals surface area contributed by atoms with Gasteiger partial charge in [0.1, 0.15) is 0 Å². The molecule has 0 bridgehead atoms. The summed E-state index contributed by atoms with van der Waals surface area (Å²) in [6.07, 6.45) is 3.72. The number of hydrogen-bond donors (Lipinski definition) is 2. The van der Waals surface area contributed by atoms with Gasteiger partial charge in [0.15, 0.2) is 0 Å². The van der Waals surface area contributed by atoms with Crippen LogP contribution in [-0.2, 0) is 9.53 Å².